The summed E-state index contributed by atoms with van der Waals surface area (Å²) in [5, 5.41) is 0.875. The van der Waals surface area contributed by atoms with Crippen LogP contribution in [0.15, 0.2) is 18.5 Å². The summed E-state index contributed by atoms with van der Waals surface area (Å²) >= 11 is 0. The summed E-state index contributed by atoms with van der Waals surface area (Å²) in [7, 11) is 1.52. The van der Waals surface area contributed by atoms with E-state index in [9.17, 15) is 18.0 Å². The topological polar surface area (TPSA) is 59.8 Å². The molecule has 0 atom stereocenters. The molecule has 1 amide bonds. The number of fused-ring (bicyclic) bond motifs is 3. The molecular formula is C21H25F3N6O. The first-order valence-electron chi connectivity index (χ1n) is 10.4. The van der Waals surface area contributed by atoms with E-state index in [1.165, 1.54) is 16.8 Å². The molecule has 31 heavy (non-hydrogen) atoms. The van der Waals surface area contributed by atoms with Gasteiger partial charge in [-0.3, -0.25) is 19.4 Å². The second kappa shape index (κ2) is 8.38. The molecule has 0 saturated heterocycles. The molecular weight excluding hydrogens is 409 g/mol. The maximum atomic E-state index is 12.9. The Morgan fingerprint density at radius 3 is 2.74 bits per heavy atom. The van der Waals surface area contributed by atoms with Crippen LogP contribution in [0.4, 0.5) is 18.9 Å². The number of carbonyl (C=O) groups is 1. The van der Waals surface area contributed by atoms with E-state index in [1.807, 2.05) is 6.07 Å². The third-order valence-corrected chi connectivity index (χ3v) is 6.20. The zero-order valence-corrected chi connectivity index (χ0v) is 17.3. The van der Waals surface area contributed by atoms with E-state index in [0.717, 1.165) is 36.8 Å². The number of aromatic amines is 1. The van der Waals surface area contributed by atoms with Crippen molar-refractivity contribution in [3.63, 3.8) is 0 Å². The number of aromatic nitrogens is 2. The fourth-order valence-corrected chi connectivity index (χ4v) is 4.89. The van der Waals surface area contributed by atoms with Crippen molar-refractivity contribution in [2.24, 2.45) is 5.92 Å². The first-order valence-corrected chi connectivity index (χ1v) is 10.4. The molecule has 2 aromatic heterocycles. The van der Waals surface area contributed by atoms with Gasteiger partial charge in [-0.15, -0.1) is 0 Å². The van der Waals surface area contributed by atoms with Crippen LogP contribution in [0.1, 0.15) is 36.0 Å². The number of hydrogen-bond donors (Lipinski definition) is 1. The fourth-order valence-electron chi connectivity index (χ4n) is 4.89. The molecule has 1 aliphatic heterocycles. The monoisotopic (exact) mass is 434 g/mol. The Morgan fingerprint density at radius 2 is 2.06 bits per heavy atom. The summed E-state index contributed by atoms with van der Waals surface area (Å²) < 4.78 is 37.9. The molecule has 0 bridgehead atoms. The summed E-state index contributed by atoms with van der Waals surface area (Å²) in [6.45, 7) is 7.05. The Hall–Kier alpha value is -2.80. The number of carbonyl (C=O) groups excluding carboxylic acids is 1. The number of nitrogens with one attached hydrogen (secondary N) is 1. The van der Waals surface area contributed by atoms with Gasteiger partial charge in [0.25, 0.3) is 12.6 Å². The smallest absolute Gasteiger partial charge is 0.349 e. The minimum absolute atomic E-state index is 0.0163. The Morgan fingerprint density at radius 1 is 1.32 bits per heavy atom. The molecule has 1 N–H and O–H groups in total. The van der Waals surface area contributed by atoms with Gasteiger partial charge >= 0.3 is 6.18 Å². The van der Waals surface area contributed by atoms with E-state index in [0.29, 0.717) is 24.4 Å². The molecule has 1 fully saturated rings. The van der Waals surface area contributed by atoms with Gasteiger partial charge in [0.2, 0.25) is 0 Å². The van der Waals surface area contributed by atoms with Crippen molar-refractivity contribution in [3.8, 4) is 0 Å². The van der Waals surface area contributed by atoms with Crippen molar-refractivity contribution in [2.75, 3.05) is 38.4 Å². The molecule has 1 saturated carbocycles. The highest BCUT2D eigenvalue weighted by Crippen LogP contribution is 2.39. The quantitative estimate of drug-likeness (QED) is 0.729. The molecule has 2 aromatic rings. The van der Waals surface area contributed by atoms with Gasteiger partial charge in [0.1, 0.15) is 12.3 Å². The minimum Gasteiger partial charge on any atom is -0.349 e. The zero-order valence-electron chi connectivity index (χ0n) is 17.3. The number of halogens is 3. The predicted molar refractivity (Wildman–Crippen MR) is 110 cm³/mol. The van der Waals surface area contributed by atoms with Gasteiger partial charge in [0.15, 0.2) is 0 Å². The SMILES string of the molecule is [C-]#[N+]CN1CN(C2CCC(CN(C)CC(F)(F)F)CC2)c2c(cnc3[nH]ccc23)C1=O. The standard InChI is InChI=1S/C21H25F3N6O/c1-25-12-29-13-30(18-16-7-8-26-19(16)27-9-17(18)20(29)31)15-5-3-14(4-6-15)10-28(2)11-21(22,23)24/h7-9,14-15H,3-6,10-13H2,2H3,(H,26,27). The van der Waals surface area contributed by atoms with Crippen LogP contribution in [0, 0.1) is 12.5 Å². The third-order valence-electron chi connectivity index (χ3n) is 6.20. The molecule has 0 unspecified atom stereocenters. The van der Waals surface area contributed by atoms with Crippen LogP contribution in [-0.4, -0.2) is 71.4 Å². The van der Waals surface area contributed by atoms with E-state index in [-0.39, 0.29) is 24.5 Å². The third kappa shape index (κ3) is 4.46. The van der Waals surface area contributed by atoms with Gasteiger partial charge in [-0.1, -0.05) is 0 Å². The highest BCUT2D eigenvalue weighted by atomic mass is 19.4. The Kier molecular flexibility index (Phi) is 5.79. The first-order chi connectivity index (χ1) is 14.8. The second-order valence-electron chi connectivity index (χ2n) is 8.50. The Bertz CT molecular complexity index is 989. The van der Waals surface area contributed by atoms with E-state index in [4.69, 9.17) is 6.57 Å². The van der Waals surface area contributed by atoms with Gasteiger partial charge in [0.05, 0.1) is 17.8 Å². The fraction of sp³-hybridized carbons (Fsp3) is 0.571. The summed E-state index contributed by atoms with van der Waals surface area (Å²) in [6, 6.07) is 2.06. The van der Waals surface area contributed by atoms with Crippen LogP contribution in [0.2, 0.25) is 0 Å². The molecule has 0 aromatic carbocycles. The van der Waals surface area contributed by atoms with E-state index < -0.39 is 12.7 Å². The molecule has 3 heterocycles. The van der Waals surface area contributed by atoms with E-state index in [2.05, 4.69) is 19.7 Å². The average molecular weight is 434 g/mol. The van der Waals surface area contributed by atoms with Crippen LogP contribution in [-0.2, 0) is 0 Å². The van der Waals surface area contributed by atoms with Crippen molar-refractivity contribution in [2.45, 2.75) is 37.9 Å². The highest BCUT2D eigenvalue weighted by molar-refractivity contribution is 6.08. The second-order valence-corrected chi connectivity index (χ2v) is 8.50. The molecule has 0 spiro atoms. The highest BCUT2D eigenvalue weighted by Gasteiger charge is 2.38. The lowest BCUT2D eigenvalue weighted by molar-refractivity contribution is -0.144. The maximum Gasteiger partial charge on any atom is 0.401 e. The number of alkyl halides is 3. The van der Waals surface area contributed by atoms with Crippen molar-refractivity contribution in [1.82, 2.24) is 19.8 Å². The number of rotatable bonds is 5. The van der Waals surface area contributed by atoms with E-state index in [1.54, 1.807) is 12.4 Å². The van der Waals surface area contributed by atoms with Crippen LogP contribution in [0.5, 0.6) is 0 Å². The number of amides is 1. The van der Waals surface area contributed by atoms with Gasteiger partial charge in [-0.05, 0) is 44.7 Å². The molecule has 0 radical (unpaired) electrons. The number of pyridine rings is 1. The number of H-pyrrole nitrogens is 1. The molecule has 1 aliphatic carbocycles. The summed E-state index contributed by atoms with van der Waals surface area (Å²) in [6.07, 6.45) is 2.50. The van der Waals surface area contributed by atoms with Crippen LogP contribution in [0.3, 0.4) is 0 Å². The Labute approximate surface area is 178 Å². The molecule has 166 valence electrons. The molecule has 4 rings (SSSR count). The van der Waals surface area contributed by atoms with Crippen LogP contribution < -0.4 is 4.90 Å². The van der Waals surface area contributed by atoms with Gasteiger partial charge in [-0.25, -0.2) is 11.6 Å². The lowest BCUT2D eigenvalue weighted by Crippen LogP contribution is -2.52. The lowest BCUT2D eigenvalue weighted by atomic mass is 9.84. The number of nitrogens with zero attached hydrogens (tertiary/aromatic N) is 5. The number of anilines is 1. The van der Waals surface area contributed by atoms with Crippen LogP contribution >= 0.6 is 0 Å². The number of hydrogen-bond acceptors (Lipinski definition) is 4. The van der Waals surface area contributed by atoms with Crippen molar-refractivity contribution in [3.05, 3.63) is 35.4 Å². The van der Waals surface area contributed by atoms with Crippen molar-refractivity contribution >= 4 is 22.6 Å². The summed E-state index contributed by atoms with van der Waals surface area (Å²) in [5.41, 5.74) is 2.04. The van der Waals surface area contributed by atoms with Gasteiger partial charge in [-0.2, -0.15) is 13.2 Å². The van der Waals surface area contributed by atoms with E-state index >= 15 is 0 Å². The zero-order chi connectivity index (χ0) is 22.2. The van der Waals surface area contributed by atoms with Gasteiger partial charge < -0.3 is 9.88 Å². The molecule has 7 nitrogen and oxygen atoms in total. The maximum absolute atomic E-state index is 12.9. The first kappa shape index (κ1) is 21.4. The van der Waals surface area contributed by atoms with Crippen molar-refractivity contribution in [1.29, 1.82) is 0 Å². The predicted octanol–water partition coefficient (Wildman–Crippen LogP) is 3.71. The Balaban J connectivity index is 1.52. The minimum atomic E-state index is -4.18. The normalized spacial score (nSPS) is 22.1. The average Bonchev–Trinajstić information content (AvgIpc) is 3.18. The van der Waals surface area contributed by atoms with Gasteiger partial charge in [0, 0.05) is 30.4 Å². The summed E-state index contributed by atoms with van der Waals surface area (Å²) in [4.78, 5) is 28.8. The lowest BCUT2D eigenvalue weighted by Gasteiger charge is -2.43. The summed E-state index contributed by atoms with van der Waals surface area (Å²) in [5.74, 6) is 0.0267. The molecule has 10 heteroatoms. The van der Waals surface area contributed by atoms with Crippen molar-refractivity contribution < 1.29 is 18.0 Å². The largest absolute Gasteiger partial charge is 0.401 e. The molecule has 2 aliphatic rings. The van der Waals surface area contributed by atoms with Crippen LogP contribution in [0.25, 0.3) is 15.9 Å².